The fraction of sp³-hybridized carbons (Fsp3) is 0.407. The zero-order valence-electron chi connectivity index (χ0n) is 19.6. The second-order valence-corrected chi connectivity index (χ2v) is 10.0. The number of fused-ring (bicyclic) bond motifs is 1. The van der Waals surface area contributed by atoms with Crippen LogP contribution in [0.4, 0.5) is 10.1 Å². The Bertz CT molecular complexity index is 1030. The first-order valence-corrected chi connectivity index (χ1v) is 13.0. The van der Waals surface area contributed by atoms with Crippen LogP contribution in [0, 0.1) is 5.82 Å². The maximum absolute atomic E-state index is 14.2. The van der Waals surface area contributed by atoms with E-state index >= 15 is 0 Å². The maximum Gasteiger partial charge on any atom is 0.261 e. The van der Waals surface area contributed by atoms with Crippen LogP contribution in [-0.4, -0.2) is 54.2 Å². The third kappa shape index (κ3) is 5.81. The zero-order chi connectivity index (χ0) is 23.9. The second kappa shape index (κ2) is 11.6. The van der Waals surface area contributed by atoms with Crippen LogP contribution in [-0.2, 0) is 9.59 Å². The fourth-order valence-corrected chi connectivity index (χ4v) is 6.21. The molecule has 1 aliphatic heterocycles. The summed E-state index contributed by atoms with van der Waals surface area (Å²) in [5, 5.41) is 3.24. The van der Waals surface area contributed by atoms with E-state index in [1.165, 1.54) is 6.07 Å². The van der Waals surface area contributed by atoms with Gasteiger partial charge in [-0.2, -0.15) is 0 Å². The average Bonchev–Trinajstić information content (AvgIpc) is 2.86. The van der Waals surface area contributed by atoms with E-state index < -0.39 is 0 Å². The lowest BCUT2D eigenvalue weighted by Crippen LogP contribution is -2.54. The number of likely N-dealkylation sites (N-methyl/N-ethyl adjacent to an activating group) is 1. The lowest BCUT2D eigenvalue weighted by Gasteiger charge is -2.43. The highest BCUT2D eigenvalue weighted by atomic mass is 32.2. The molecule has 1 saturated heterocycles. The molecule has 2 amide bonds. The monoisotopic (exact) mass is 481 g/mol. The van der Waals surface area contributed by atoms with Gasteiger partial charge in [-0.05, 0) is 44.0 Å². The van der Waals surface area contributed by atoms with E-state index in [2.05, 4.69) is 29.3 Å². The number of carbonyl (C=O) groups excluding carboxylic acids is 2. The molecule has 2 unspecified atom stereocenters. The van der Waals surface area contributed by atoms with Gasteiger partial charge in [-0.25, -0.2) is 4.39 Å². The van der Waals surface area contributed by atoms with Gasteiger partial charge in [0.05, 0.1) is 4.91 Å². The number of carbonyl (C=O) groups is 2. The quantitative estimate of drug-likeness (QED) is 0.556. The van der Waals surface area contributed by atoms with Crippen molar-refractivity contribution in [3.63, 3.8) is 0 Å². The maximum atomic E-state index is 14.2. The Labute approximate surface area is 205 Å². The van der Waals surface area contributed by atoms with Gasteiger partial charge in [0.15, 0.2) is 0 Å². The van der Waals surface area contributed by atoms with Gasteiger partial charge >= 0.3 is 0 Å². The number of halogens is 1. The van der Waals surface area contributed by atoms with E-state index in [0.29, 0.717) is 23.6 Å². The molecule has 0 spiro atoms. The lowest BCUT2D eigenvalue weighted by molar-refractivity contribution is -0.135. The standard InChI is InChI=1S/C27H32FN3O2S/c1-2-30(21-11-4-3-5-12-21)17-16-29-26(32)19-31-23-14-8-9-15-24(23)34-25(27(31)33)18-20-10-6-7-13-22(20)28/h3-7,10-13,18,23-24H,2,8-9,14-17,19H2,1H3,(H,29,32)/b25-18-. The highest BCUT2D eigenvalue weighted by molar-refractivity contribution is 8.04. The predicted octanol–water partition coefficient (Wildman–Crippen LogP) is 4.70. The first-order chi connectivity index (χ1) is 16.6. The molecule has 7 heteroatoms. The number of benzene rings is 2. The summed E-state index contributed by atoms with van der Waals surface area (Å²) in [7, 11) is 0. The van der Waals surface area contributed by atoms with Crippen LogP contribution in [0.15, 0.2) is 59.5 Å². The summed E-state index contributed by atoms with van der Waals surface area (Å²) in [5.41, 5.74) is 1.52. The molecular formula is C27H32FN3O2S. The van der Waals surface area contributed by atoms with Crippen molar-refractivity contribution in [3.8, 4) is 0 Å². The second-order valence-electron chi connectivity index (χ2n) is 8.74. The Morgan fingerprint density at radius 1 is 1.15 bits per heavy atom. The molecule has 1 N–H and O–H groups in total. The van der Waals surface area contributed by atoms with E-state index in [4.69, 9.17) is 0 Å². The summed E-state index contributed by atoms with van der Waals surface area (Å²) in [6.45, 7) is 4.17. The summed E-state index contributed by atoms with van der Waals surface area (Å²) >= 11 is 1.55. The zero-order valence-corrected chi connectivity index (χ0v) is 20.4. The van der Waals surface area contributed by atoms with Gasteiger partial charge in [-0.3, -0.25) is 9.59 Å². The highest BCUT2D eigenvalue weighted by Crippen LogP contribution is 2.42. The van der Waals surface area contributed by atoms with E-state index in [9.17, 15) is 14.0 Å². The summed E-state index contributed by atoms with van der Waals surface area (Å²) < 4.78 is 14.2. The van der Waals surface area contributed by atoms with Gasteiger partial charge in [0, 0.05) is 42.2 Å². The molecule has 180 valence electrons. The molecule has 1 aliphatic carbocycles. The summed E-state index contributed by atoms with van der Waals surface area (Å²) in [5.74, 6) is -0.678. The Hall–Kier alpha value is -2.80. The Kier molecular flexibility index (Phi) is 8.27. The van der Waals surface area contributed by atoms with Crippen molar-refractivity contribution < 1.29 is 14.0 Å². The van der Waals surface area contributed by atoms with Crippen LogP contribution in [0.25, 0.3) is 6.08 Å². The van der Waals surface area contributed by atoms with Crippen LogP contribution in [0.3, 0.4) is 0 Å². The Balaban J connectivity index is 1.41. The lowest BCUT2D eigenvalue weighted by atomic mass is 9.93. The van der Waals surface area contributed by atoms with E-state index in [1.54, 1.807) is 40.9 Å². The SMILES string of the molecule is CCN(CCNC(=O)CN1C(=O)/C(=C/c2ccccc2F)SC2CCCCC21)c1ccccc1. The third-order valence-corrected chi connectivity index (χ3v) is 7.93. The molecule has 2 fully saturated rings. The number of thioether (sulfide) groups is 1. The van der Waals surface area contributed by atoms with Crippen molar-refractivity contribution in [2.45, 2.75) is 43.9 Å². The van der Waals surface area contributed by atoms with Crippen molar-refractivity contribution in [2.24, 2.45) is 0 Å². The fourth-order valence-electron chi connectivity index (χ4n) is 4.74. The first kappa shape index (κ1) is 24.3. The van der Waals surface area contributed by atoms with Crippen molar-refractivity contribution in [2.75, 3.05) is 31.1 Å². The van der Waals surface area contributed by atoms with Crippen molar-refractivity contribution in [1.82, 2.24) is 10.2 Å². The minimum atomic E-state index is -0.350. The summed E-state index contributed by atoms with van der Waals surface area (Å²) in [6, 6.07) is 16.6. The van der Waals surface area contributed by atoms with Crippen LogP contribution < -0.4 is 10.2 Å². The number of hydrogen-bond donors (Lipinski definition) is 1. The summed E-state index contributed by atoms with van der Waals surface area (Å²) in [6.07, 6.45) is 5.71. The topological polar surface area (TPSA) is 52.7 Å². The van der Waals surface area contributed by atoms with Crippen LogP contribution in [0.5, 0.6) is 0 Å². The Morgan fingerprint density at radius 2 is 1.88 bits per heavy atom. The molecule has 0 aromatic heterocycles. The molecule has 0 bridgehead atoms. The minimum absolute atomic E-state index is 0.0344. The molecule has 0 radical (unpaired) electrons. The molecule has 1 saturated carbocycles. The van der Waals surface area contributed by atoms with E-state index in [1.807, 2.05) is 18.2 Å². The van der Waals surface area contributed by atoms with E-state index in [-0.39, 0.29) is 35.5 Å². The molecule has 1 heterocycles. The number of amides is 2. The van der Waals surface area contributed by atoms with Crippen LogP contribution in [0.1, 0.15) is 38.2 Å². The highest BCUT2D eigenvalue weighted by Gasteiger charge is 2.41. The normalized spacial score (nSPS) is 21.3. The van der Waals surface area contributed by atoms with E-state index in [0.717, 1.165) is 37.9 Å². The third-order valence-electron chi connectivity index (χ3n) is 6.53. The summed E-state index contributed by atoms with van der Waals surface area (Å²) in [4.78, 5) is 30.7. The molecule has 2 aromatic carbocycles. The average molecular weight is 482 g/mol. The predicted molar refractivity (Wildman–Crippen MR) is 137 cm³/mol. The van der Waals surface area contributed by atoms with Gasteiger partial charge in [-0.15, -0.1) is 11.8 Å². The molecule has 5 nitrogen and oxygen atoms in total. The molecule has 2 aliphatic rings. The van der Waals surface area contributed by atoms with Gasteiger partial charge in [0.1, 0.15) is 12.4 Å². The van der Waals surface area contributed by atoms with Gasteiger partial charge in [0.2, 0.25) is 5.91 Å². The van der Waals surface area contributed by atoms with Gasteiger partial charge < -0.3 is 15.1 Å². The first-order valence-electron chi connectivity index (χ1n) is 12.1. The number of anilines is 1. The number of nitrogens with one attached hydrogen (secondary N) is 1. The van der Waals surface area contributed by atoms with Crippen LogP contribution >= 0.6 is 11.8 Å². The number of para-hydroxylation sites is 1. The molecule has 4 rings (SSSR count). The van der Waals surface area contributed by atoms with Crippen LogP contribution in [0.2, 0.25) is 0 Å². The number of nitrogens with zero attached hydrogens (tertiary/aromatic N) is 2. The molecule has 34 heavy (non-hydrogen) atoms. The van der Waals surface area contributed by atoms with Crippen molar-refractivity contribution in [1.29, 1.82) is 0 Å². The Morgan fingerprint density at radius 3 is 2.65 bits per heavy atom. The largest absolute Gasteiger partial charge is 0.370 e. The molecule has 2 aromatic rings. The smallest absolute Gasteiger partial charge is 0.261 e. The van der Waals surface area contributed by atoms with Crippen molar-refractivity contribution >= 4 is 35.3 Å². The van der Waals surface area contributed by atoms with Crippen molar-refractivity contribution in [3.05, 3.63) is 70.9 Å². The number of rotatable bonds is 8. The van der Waals surface area contributed by atoms with Gasteiger partial charge in [-0.1, -0.05) is 49.2 Å². The number of hydrogen-bond acceptors (Lipinski definition) is 4. The minimum Gasteiger partial charge on any atom is -0.370 e. The molecular weight excluding hydrogens is 449 g/mol. The van der Waals surface area contributed by atoms with Gasteiger partial charge in [0.25, 0.3) is 5.91 Å². The molecule has 2 atom stereocenters.